The van der Waals surface area contributed by atoms with Crippen molar-refractivity contribution in [3.63, 3.8) is 0 Å². The van der Waals surface area contributed by atoms with E-state index in [-0.39, 0.29) is 22.4 Å². The predicted molar refractivity (Wildman–Crippen MR) is 94.7 cm³/mol. The third-order valence-corrected chi connectivity index (χ3v) is 4.08. The maximum atomic E-state index is 12.1. The number of carbonyl (C=O) groups is 1. The molecule has 0 spiro atoms. The number of nitro groups is 1. The molecule has 9 nitrogen and oxygen atoms in total. The van der Waals surface area contributed by atoms with Crippen molar-refractivity contribution >= 4 is 29.0 Å². The fraction of sp³-hybridized carbons (Fsp3) is 0.125. The van der Waals surface area contributed by atoms with E-state index in [2.05, 4.69) is 20.5 Å². The van der Waals surface area contributed by atoms with Crippen LogP contribution in [0.1, 0.15) is 5.56 Å². The van der Waals surface area contributed by atoms with Gasteiger partial charge in [-0.15, -0.1) is 10.2 Å². The van der Waals surface area contributed by atoms with Crippen LogP contribution < -0.4 is 5.32 Å². The highest BCUT2D eigenvalue weighted by Gasteiger charge is 2.17. The van der Waals surface area contributed by atoms with Gasteiger partial charge >= 0.3 is 0 Å². The highest BCUT2D eigenvalue weighted by molar-refractivity contribution is 7.99. The van der Waals surface area contributed by atoms with Gasteiger partial charge in [-0.2, -0.15) is 0 Å². The number of thioether (sulfide) groups is 1. The Kier molecular flexibility index (Phi) is 5.23. The van der Waals surface area contributed by atoms with E-state index in [1.54, 1.807) is 37.5 Å². The molecule has 2 heterocycles. The molecule has 132 valence electrons. The summed E-state index contributed by atoms with van der Waals surface area (Å²) in [4.78, 5) is 26.6. The zero-order valence-electron chi connectivity index (χ0n) is 13.6. The number of nitro benzene ring substituents is 1. The Labute approximate surface area is 152 Å². The molecule has 0 unspecified atom stereocenters. The van der Waals surface area contributed by atoms with Crippen LogP contribution in [-0.4, -0.2) is 31.8 Å². The molecule has 10 heteroatoms. The highest BCUT2D eigenvalue weighted by atomic mass is 32.2. The largest absolute Gasteiger partial charge is 0.411 e. The summed E-state index contributed by atoms with van der Waals surface area (Å²) in [6.07, 6.45) is 3.22. The summed E-state index contributed by atoms with van der Waals surface area (Å²) in [6, 6.07) is 8.12. The van der Waals surface area contributed by atoms with Crippen LogP contribution in [0.2, 0.25) is 0 Å². The molecule has 1 N–H and O–H groups in total. The lowest BCUT2D eigenvalue weighted by Crippen LogP contribution is -2.15. The van der Waals surface area contributed by atoms with E-state index in [0.717, 1.165) is 17.3 Å². The van der Waals surface area contributed by atoms with Gasteiger partial charge in [-0.1, -0.05) is 17.8 Å². The second-order valence-electron chi connectivity index (χ2n) is 5.23. The number of benzene rings is 1. The van der Waals surface area contributed by atoms with E-state index in [0.29, 0.717) is 11.5 Å². The van der Waals surface area contributed by atoms with Crippen LogP contribution in [-0.2, 0) is 4.79 Å². The van der Waals surface area contributed by atoms with Crippen LogP contribution in [0.5, 0.6) is 0 Å². The lowest BCUT2D eigenvalue weighted by atomic mass is 10.2. The van der Waals surface area contributed by atoms with Gasteiger partial charge in [-0.25, -0.2) is 0 Å². The Hall–Kier alpha value is -3.27. The van der Waals surface area contributed by atoms with Crippen LogP contribution in [0, 0.1) is 17.0 Å². The zero-order chi connectivity index (χ0) is 18.5. The SMILES string of the molecule is Cc1ccc(NC(=O)CSc2nnc(-c3cccnc3)o2)c([N+](=O)[O-])c1. The van der Waals surface area contributed by atoms with Gasteiger partial charge in [0.05, 0.1) is 16.2 Å². The number of nitrogens with one attached hydrogen (secondary N) is 1. The van der Waals surface area contributed by atoms with Gasteiger partial charge in [0.15, 0.2) is 0 Å². The van der Waals surface area contributed by atoms with Crippen LogP contribution in [0.15, 0.2) is 52.4 Å². The Morgan fingerprint density at radius 1 is 1.35 bits per heavy atom. The highest BCUT2D eigenvalue weighted by Crippen LogP contribution is 2.26. The second kappa shape index (κ2) is 7.74. The summed E-state index contributed by atoms with van der Waals surface area (Å²) in [5.41, 5.74) is 1.40. The summed E-state index contributed by atoms with van der Waals surface area (Å²) in [7, 11) is 0. The van der Waals surface area contributed by atoms with Crippen molar-refractivity contribution in [1.82, 2.24) is 15.2 Å². The fourth-order valence-corrected chi connectivity index (χ4v) is 2.65. The normalized spacial score (nSPS) is 10.5. The first kappa shape index (κ1) is 17.5. The monoisotopic (exact) mass is 371 g/mol. The van der Waals surface area contributed by atoms with Crippen molar-refractivity contribution in [2.75, 3.05) is 11.1 Å². The number of carbonyl (C=O) groups excluding carboxylic acids is 1. The summed E-state index contributed by atoms with van der Waals surface area (Å²) in [6.45, 7) is 1.74. The molecule has 0 aliphatic rings. The number of hydrogen-bond acceptors (Lipinski definition) is 8. The van der Waals surface area contributed by atoms with Gasteiger partial charge in [0.1, 0.15) is 5.69 Å². The number of amides is 1. The lowest BCUT2D eigenvalue weighted by Gasteiger charge is -2.05. The van der Waals surface area contributed by atoms with Crippen LogP contribution in [0.25, 0.3) is 11.5 Å². The molecule has 0 saturated heterocycles. The first-order valence-electron chi connectivity index (χ1n) is 7.44. The van der Waals surface area contributed by atoms with Gasteiger partial charge in [0, 0.05) is 18.5 Å². The first-order valence-corrected chi connectivity index (χ1v) is 8.43. The minimum Gasteiger partial charge on any atom is -0.411 e. The van der Waals surface area contributed by atoms with Gasteiger partial charge in [-0.05, 0) is 30.7 Å². The molecule has 0 atom stereocenters. The van der Waals surface area contributed by atoms with E-state index in [9.17, 15) is 14.9 Å². The minimum absolute atomic E-state index is 0.0281. The molecule has 1 amide bonds. The molecule has 0 saturated carbocycles. The molecule has 0 aliphatic heterocycles. The van der Waals surface area contributed by atoms with Crippen molar-refractivity contribution in [3.05, 3.63) is 58.4 Å². The van der Waals surface area contributed by atoms with Crippen molar-refractivity contribution in [1.29, 1.82) is 0 Å². The van der Waals surface area contributed by atoms with E-state index in [4.69, 9.17) is 4.42 Å². The van der Waals surface area contributed by atoms with Gasteiger partial charge in [-0.3, -0.25) is 19.9 Å². The van der Waals surface area contributed by atoms with Crippen LogP contribution in [0.4, 0.5) is 11.4 Å². The van der Waals surface area contributed by atoms with Gasteiger partial charge in [0.25, 0.3) is 10.9 Å². The number of rotatable bonds is 6. The predicted octanol–water partition coefficient (Wildman–Crippen LogP) is 3.08. The molecule has 2 aromatic heterocycles. The minimum atomic E-state index is -0.534. The lowest BCUT2D eigenvalue weighted by molar-refractivity contribution is -0.384. The quantitative estimate of drug-likeness (QED) is 0.398. The van der Waals surface area contributed by atoms with E-state index < -0.39 is 10.8 Å². The smallest absolute Gasteiger partial charge is 0.293 e. The fourth-order valence-electron chi connectivity index (χ4n) is 2.09. The number of nitrogens with zero attached hydrogens (tertiary/aromatic N) is 4. The van der Waals surface area contributed by atoms with Gasteiger partial charge < -0.3 is 9.73 Å². The Morgan fingerprint density at radius 2 is 2.19 bits per heavy atom. The number of hydrogen-bond donors (Lipinski definition) is 1. The van der Waals surface area contributed by atoms with E-state index >= 15 is 0 Å². The summed E-state index contributed by atoms with van der Waals surface area (Å²) in [5, 5.41) is 21.6. The summed E-state index contributed by atoms with van der Waals surface area (Å²) < 4.78 is 5.46. The maximum absolute atomic E-state index is 12.1. The number of aromatic nitrogens is 3. The summed E-state index contributed by atoms with van der Waals surface area (Å²) in [5.74, 6) is -0.141. The van der Waals surface area contributed by atoms with Crippen molar-refractivity contribution < 1.29 is 14.1 Å². The number of pyridine rings is 1. The number of aryl methyl sites for hydroxylation is 1. The molecule has 26 heavy (non-hydrogen) atoms. The van der Waals surface area contributed by atoms with Crippen molar-refractivity contribution in [2.45, 2.75) is 12.1 Å². The maximum Gasteiger partial charge on any atom is 0.293 e. The second-order valence-corrected chi connectivity index (χ2v) is 6.16. The molecule has 0 radical (unpaired) electrons. The molecule has 3 rings (SSSR count). The third-order valence-electron chi connectivity index (χ3n) is 3.27. The van der Waals surface area contributed by atoms with Crippen molar-refractivity contribution in [2.24, 2.45) is 0 Å². The Morgan fingerprint density at radius 3 is 2.92 bits per heavy atom. The van der Waals surface area contributed by atoms with E-state index in [1.165, 1.54) is 12.1 Å². The number of anilines is 1. The molecule has 3 aromatic rings. The molecule has 0 fully saturated rings. The van der Waals surface area contributed by atoms with Crippen molar-refractivity contribution in [3.8, 4) is 11.5 Å². The standard InChI is InChI=1S/C16H13N5O4S/c1-10-4-5-12(13(7-10)21(23)24)18-14(22)9-26-16-20-19-15(25-16)11-3-2-6-17-8-11/h2-8H,9H2,1H3,(H,18,22). The molecule has 1 aromatic carbocycles. The first-order chi connectivity index (χ1) is 12.5. The van der Waals surface area contributed by atoms with Crippen LogP contribution in [0.3, 0.4) is 0 Å². The Balaban J connectivity index is 1.62. The zero-order valence-corrected chi connectivity index (χ0v) is 14.4. The third kappa shape index (κ3) is 4.22. The molecule has 0 bridgehead atoms. The molecule has 0 aliphatic carbocycles. The van der Waals surface area contributed by atoms with Gasteiger partial charge in [0.2, 0.25) is 11.8 Å². The molecular weight excluding hydrogens is 358 g/mol. The Bertz CT molecular complexity index is 945. The summed E-state index contributed by atoms with van der Waals surface area (Å²) >= 11 is 1.04. The van der Waals surface area contributed by atoms with E-state index in [1.807, 2.05) is 0 Å². The average molecular weight is 371 g/mol. The molecular formula is C16H13N5O4S. The van der Waals surface area contributed by atoms with Crippen LogP contribution >= 0.6 is 11.8 Å². The topological polar surface area (TPSA) is 124 Å². The average Bonchev–Trinajstić information content (AvgIpc) is 3.11.